The minimum Gasteiger partial charge on any atom is -0.497 e. The SMILES string of the molecule is COc1ccc(OCCN2CCN(C(=O)CSc3nnc(C)n3-c3ccc(OC)cc3)CC2)cc1. The van der Waals surface area contributed by atoms with E-state index < -0.39 is 0 Å². The third-order valence-corrected chi connectivity index (χ3v) is 6.82. The topological polar surface area (TPSA) is 82.0 Å². The number of rotatable bonds is 10. The molecular formula is C25H31N5O4S. The van der Waals surface area contributed by atoms with Gasteiger partial charge in [-0.25, -0.2) is 0 Å². The molecule has 0 atom stereocenters. The van der Waals surface area contributed by atoms with Gasteiger partial charge in [0.2, 0.25) is 5.91 Å². The molecule has 4 rings (SSSR count). The molecule has 186 valence electrons. The van der Waals surface area contributed by atoms with Crippen molar-refractivity contribution in [3.8, 4) is 22.9 Å². The average Bonchev–Trinajstić information content (AvgIpc) is 3.28. The van der Waals surface area contributed by atoms with Crippen LogP contribution in [0, 0.1) is 6.92 Å². The van der Waals surface area contributed by atoms with E-state index in [0.29, 0.717) is 30.6 Å². The number of benzene rings is 2. The second-order valence-electron chi connectivity index (χ2n) is 8.10. The maximum atomic E-state index is 12.8. The lowest BCUT2D eigenvalue weighted by Gasteiger charge is -2.34. The first-order chi connectivity index (χ1) is 17.1. The molecule has 0 radical (unpaired) electrons. The molecule has 1 amide bonds. The molecule has 0 N–H and O–H groups in total. The first-order valence-corrected chi connectivity index (χ1v) is 12.5. The summed E-state index contributed by atoms with van der Waals surface area (Å²) in [5.41, 5.74) is 0.939. The maximum Gasteiger partial charge on any atom is 0.233 e. The van der Waals surface area contributed by atoms with Crippen LogP contribution in [0.4, 0.5) is 0 Å². The van der Waals surface area contributed by atoms with Crippen LogP contribution in [0.1, 0.15) is 5.82 Å². The molecule has 0 aliphatic carbocycles. The Morgan fingerprint density at radius 2 is 1.49 bits per heavy atom. The van der Waals surface area contributed by atoms with E-state index in [2.05, 4.69) is 15.1 Å². The zero-order chi connectivity index (χ0) is 24.6. The molecule has 10 heteroatoms. The fourth-order valence-electron chi connectivity index (χ4n) is 3.87. The third-order valence-electron chi connectivity index (χ3n) is 5.91. The molecule has 2 heterocycles. The highest BCUT2D eigenvalue weighted by molar-refractivity contribution is 7.99. The lowest BCUT2D eigenvalue weighted by atomic mass is 10.3. The van der Waals surface area contributed by atoms with Gasteiger partial charge in [0.15, 0.2) is 5.16 Å². The summed E-state index contributed by atoms with van der Waals surface area (Å²) in [4.78, 5) is 17.1. The molecule has 9 nitrogen and oxygen atoms in total. The predicted octanol–water partition coefficient (Wildman–Crippen LogP) is 2.91. The maximum absolute atomic E-state index is 12.8. The van der Waals surface area contributed by atoms with Crippen molar-refractivity contribution in [2.45, 2.75) is 12.1 Å². The average molecular weight is 498 g/mol. The number of thioether (sulfide) groups is 1. The van der Waals surface area contributed by atoms with Gasteiger partial charge in [0, 0.05) is 38.4 Å². The van der Waals surface area contributed by atoms with Crippen LogP contribution >= 0.6 is 11.8 Å². The van der Waals surface area contributed by atoms with Gasteiger partial charge in [-0.05, 0) is 55.5 Å². The molecular weight excluding hydrogens is 466 g/mol. The van der Waals surface area contributed by atoms with Crippen LogP contribution < -0.4 is 14.2 Å². The van der Waals surface area contributed by atoms with E-state index in [1.165, 1.54) is 11.8 Å². The second-order valence-corrected chi connectivity index (χ2v) is 9.04. The smallest absolute Gasteiger partial charge is 0.233 e. The highest BCUT2D eigenvalue weighted by Gasteiger charge is 2.22. The number of aromatic nitrogens is 3. The van der Waals surface area contributed by atoms with Crippen molar-refractivity contribution >= 4 is 17.7 Å². The normalized spacial score (nSPS) is 14.1. The summed E-state index contributed by atoms with van der Waals surface area (Å²) in [5.74, 6) is 3.65. The number of amides is 1. The third kappa shape index (κ3) is 6.46. The quantitative estimate of drug-likeness (QED) is 0.396. The molecule has 3 aromatic rings. The molecule has 1 aliphatic heterocycles. The number of ether oxygens (including phenoxy) is 3. The Morgan fingerprint density at radius 1 is 0.886 bits per heavy atom. The van der Waals surface area contributed by atoms with Gasteiger partial charge < -0.3 is 19.1 Å². The van der Waals surface area contributed by atoms with Crippen LogP contribution in [0.25, 0.3) is 5.69 Å². The number of hydrogen-bond acceptors (Lipinski definition) is 8. The number of nitrogens with zero attached hydrogens (tertiary/aromatic N) is 5. The van der Waals surface area contributed by atoms with Crippen LogP contribution in [0.3, 0.4) is 0 Å². The van der Waals surface area contributed by atoms with Gasteiger partial charge in [0.25, 0.3) is 0 Å². The fourth-order valence-corrected chi connectivity index (χ4v) is 4.77. The lowest BCUT2D eigenvalue weighted by Crippen LogP contribution is -2.50. The number of carbonyl (C=O) groups is 1. The summed E-state index contributed by atoms with van der Waals surface area (Å²) in [6, 6.07) is 15.3. The highest BCUT2D eigenvalue weighted by Crippen LogP contribution is 2.24. The van der Waals surface area contributed by atoms with E-state index in [9.17, 15) is 4.79 Å². The monoisotopic (exact) mass is 497 g/mol. The van der Waals surface area contributed by atoms with Crippen molar-refractivity contribution in [2.24, 2.45) is 0 Å². The molecule has 1 aliphatic rings. The number of piperazine rings is 1. The zero-order valence-corrected chi connectivity index (χ0v) is 21.2. The van der Waals surface area contributed by atoms with Gasteiger partial charge >= 0.3 is 0 Å². The van der Waals surface area contributed by atoms with E-state index in [1.807, 2.05) is 64.9 Å². The standard InChI is InChI=1S/C25H31N5O4S/c1-19-26-27-25(30(19)20-4-6-21(32-2)7-5-20)35-18-24(31)29-14-12-28(13-15-29)16-17-34-23-10-8-22(33-3)9-11-23/h4-11H,12-18H2,1-3H3. The molecule has 0 bridgehead atoms. The van der Waals surface area contributed by atoms with E-state index >= 15 is 0 Å². The van der Waals surface area contributed by atoms with Crippen LogP contribution in [0.2, 0.25) is 0 Å². The zero-order valence-electron chi connectivity index (χ0n) is 20.3. The highest BCUT2D eigenvalue weighted by atomic mass is 32.2. The van der Waals surface area contributed by atoms with Gasteiger partial charge in [0.1, 0.15) is 29.7 Å². The minimum atomic E-state index is 0.117. The molecule has 0 saturated carbocycles. The minimum absolute atomic E-state index is 0.117. The summed E-state index contributed by atoms with van der Waals surface area (Å²) in [6.45, 7) is 6.44. The van der Waals surface area contributed by atoms with Crippen LogP contribution in [0.15, 0.2) is 53.7 Å². The van der Waals surface area contributed by atoms with Gasteiger partial charge in [-0.15, -0.1) is 10.2 Å². The van der Waals surface area contributed by atoms with Gasteiger partial charge in [0.05, 0.1) is 20.0 Å². The number of hydrogen-bond donors (Lipinski definition) is 0. The molecule has 35 heavy (non-hydrogen) atoms. The van der Waals surface area contributed by atoms with E-state index in [4.69, 9.17) is 14.2 Å². The Hall–Kier alpha value is -3.24. The molecule has 0 spiro atoms. The molecule has 1 saturated heterocycles. The Balaban J connectivity index is 1.21. The molecule has 2 aromatic carbocycles. The van der Waals surface area contributed by atoms with Crippen LogP contribution in [-0.4, -0.2) is 89.8 Å². The summed E-state index contributed by atoms with van der Waals surface area (Å²) in [6.07, 6.45) is 0. The molecule has 1 aromatic heterocycles. The van der Waals surface area contributed by atoms with Crippen molar-refractivity contribution in [2.75, 3.05) is 59.3 Å². The van der Waals surface area contributed by atoms with Crippen molar-refractivity contribution in [3.05, 3.63) is 54.4 Å². The molecule has 1 fully saturated rings. The second kappa shape index (κ2) is 11.9. The van der Waals surface area contributed by atoms with Crippen LogP contribution in [0.5, 0.6) is 17.2 Å². The van der Waals surface area contributed by atoms with E-state index in [-0.39, 0.29) is 5.91 Å². The van der Waals surface area contributed by atoms with Crippen molar-refractivity contribution in [3.63, 3.8) is 0 Å². The Bertz CT molecular complexity index is 1100. The Morgan fingerprint density at radius 3 is 2.11 bits per heavy atom. The van der Waals surface area contributed by atoms with E-state index in [1.54, 1.807) is 14.2 Å². The summed E-state index contributed by atoms with van der Waals surface area (Å²) in [5, 5.41) is 9.19. The Labute approximate surface area is 210 Å². The summed E-state index contributed by atoms with van der Waals surface area (Å²) in [7, 11) is 3.29. The lowest BCUT2D eigenvalue weighted by molar-refractivity contribution is -0.130. The van der Waals surface area contributed by atoms with Crippen molar-refractivity contribution in [1.29, 1.82) is 0 Å². The van der Waals surface area contributed by atoms with Gasteiger partial charge in [-0.2, -0.15) is 0 Å². The summed E-state index contributed by atoms with van der Waals surface area (Å²) < 4.78 is 18.2. The first kappa shape index (κ1) is 24.9. The largest absolute Gasteiger partial charge is 0.497 e. The number of methoxy groups -OCH3 is 2. The first-order valence-electron chi connectivity index (χ1n) is 11.5. The molecule has 0 unspecified atom stereocenters. The number of aryl methyl sites for hydroxylation is 1. The number of carbonyl (C=O) groups excluding carboxylic acids is 1. The Kier molecular flexibility index (Phi) is 8.49. The fraction of sp³-hybridized carbons (Fsp3) is 0.400. The van der Waals surface area contributed by atoms with Crippen molar-refractivity contribution in [1.82, 2.24) is 24.6 Å². The summed E-state index contributed by atoms with van der Waals surface area (Å²) >= 11 is 1.41. The van der Waals surface area contributed by atoms with Gasteiger partial charge in [-0.3, -0.25) is 14.3 Å². The van der Waals surface area contributed by atoms with E-state index in [0.717, 1.165) is 48.4 Å². The predicted molar refractivity (Wildman–Crippen MR) is 135 cm³/mol. The van der Waals surface area contributed by atoms with Crippen molar-refractivity contribution < 1.29 is 19.0 Å². The van der Waals surface area contributed by atoms with Crippen LogP contribution in [-0.2, 0) is 4.79 Å². The van der Waals surface area contributed by atoms with Gasteiger partial charge in [-0.1, -0.05) is 11.8 Å².